The third-order valence-electron chi connectivity index (χ3n) is 2.28. The SMILES string of the molecule is CC(O)CN(C)C(=O)c1cc([N+](=O)[O-])ccc1Cl. The van der Waals surface area contributed by atoms with E-state index in [2.05, 4.69) is 0 Å². The summed E-state index contributed by atoms with van der Waals surface area (Å²) in [7, 11) is 1.49. The molecule has 1 atom stereocenters. The van der Waals surface area contributed by atoms with Crippen LogP contribution in [0.1, 0.15) is 17.3 Å². The lowest BCUT2D eigenvalue weighted by molar-refractivity contribution is -0.384. The summed E-state index contributed by atoms with van der Waals surface area (Å²) >= 11 is 5.84. The number of non-ortho nitro benzene ring substituents is 1. The monoisotopic (exact) mass is 272 g/mol. The molecule has 1 unspecified atom stereocenters. The van der Waals surface area contributed by atoms with E-state index in [0.717, 1.165) is 6.07 Å². The van der Waals surface area contributed by atoms with Crippen molar-refractivity contribution in [3.8, 4) is 0 Å². The van der Waals surface area contributed by atoms with Crippen LogP contribution in [0.15, 0.2) is 18.2 Å². The number of halogens is 1. The van der Waals surface area contributed by atoms with E-state index in [-0.39, 0.29) is 22.8 Å². The Morgan fingerprint density at radius 1 is 1.61 bits per heavy atom. The van der Waals surface area contributed by atoms with Crippen molar-refractivity contribution in [2.24, 2.45) is 0 Å². The van der Waals surface area contributed by atoms with E-state index in [1.54, 1.807) is 6.92 Å². The third-order valence-corrected chi connectivity index (χ3v) is 2.61. The Labute approximate surface area is 109 Å². The highest BCUT2D eigenvalue weighted by Crippen LogP contribution is 2.23. The number of aliphatic hydroxyl groups is 1. The Bertz CT molecular complexity index is 476. The van der Waals surface area contributed by atoms with Crippen LogP contribution in [0.5, 0.6) is 0 Å². The fraction of sp³-hybridized carbons (Fsp3) is 0.364. The normalized spacial score (nSPS) is 12.0. The van der Waals surface area contributed by atoms with Gasteiger partial charge in [-0.1, -0.05) is 11.6 Å². The van der Waals surface area contributed by atoms with Crippen LogP contribution >= 0.6 is 11.6 Å². The third kappa shape index (κ3) is 3.41. The molecule has 7 heteroatoms. The van der Waals surface area contributed by atoms with Crippen LogP contribution in [0, 0.1) is 10.1 Å². The van der Waals surface area contributed by atoms with Gasteiger partial charge in [-0.05, 0) is 13.0 Å². The van der Waals surface area contributed by atoms with Gasteiger partial charge in [-0.25, -0.2) is 0 Å². The summed E-state index contributed by atoms with van der Waals surface area (Å²) in [4.78, 5) is 23.3. The second-order valence-corrected chi connectivity index (χ2v) is 4.36. The molecule has 0 aromatic heterocycles. The Kier molecular flexibility index (Phi) is 4.63. The standard InChI is InChI=1S/C11H13ClN2O4/c1-7(15)6-13(2)11(16)9-5-8(14(17)18)3-4-10(9)12/h3-5,7,15H,6H2,1-2H3. The molecule has 6 nitrogen and oxygen atoms in total. The van der Waals surface area contributed by atoms with E-state index < -0.39 is 16.9 Å². The van der Waals surface area contributed by atoms with Gasteiger partial charge in [-0.15, -0.1) is 0 Å². The molecule has 1 aromatic carbocycles. The fourth-order valence-corrected chi connectivity index (χ4v) is 1.67. The molecule has 0 aliphatic rings. The molecule has 0 spiro atoms. The minimum Gasteiger partial charge on any atom is -0.392 e. The first-order chi connectivity index (χ1) is 8.32. The van der Waals surface area contributed by atoms with E-state index in [4.69, 9.17) is 11.6 Å². The average molecular weight is 273 g/mol. The van der Waals surface area contributed by atoms with Crippen molar-refractivity contribution in [2.45, 2.75) is 13.0 Å². The molecular formula is C11H13ClN2O4. The van der Waals surface area contributed by atoms with Crippen molar-refractivity contribution in [1.82, 2.24) is 4.90 Å². The highest BCUT2D eigenvalue weighted by molar-refractivity contribution is 6.33. The molecule has 0 saturated carbocycles. The lowest BCUT2D eigenvalue weighted by atomic mass is 10.1. The van der Waals surface area contributed by atoms with Gasteiger partial charge in [0, 0.05) is 25.7 Å². The zero-order chi connectivity index (χ0) is 13.9. The van der Waals surface area contributed by atoms with Gasteiger partial charge in [0.25, 0.3) is 11.6 Å². The fourth-order valence-electron chi connectivity index (χ4n) is 1.48. The average Bonchev–Trinajstić information content (AvgIpc) is 2.27. The molecule has 0 aliphatic carbocycles. The molecule has 0 radical (unpaired) electrons. The van der Waals surface area contributed by atoms with E-state index in [9.17, 15) is 20.0 Å². The number of rotatable bonds is 4. The van der Waals surface area contributed by atoms with Crippen molar-refractivity contribution in [2.75, 3.05) is 13.6 Å². The number of hydrogen-bond acceptors (Lipinski definition) is 4. The van der Waals surface area contributed by atoms with Gasteiger partial charge < -0.3 is 10.0 Å². The first-order valence-corrected chi connectivity index (χ1v) is 5.58. The lowest BCUT2D eigenvalue weighted by Crippen LogP contribution is -2.33. The topological polar surface area (TPSA) is 83.7 Å². The Balaban J connectivity index is 3.04. The molecular weight excluding hydrogens is 260 g/mol. The smallest absolute Gasteiger partial charge is 0.270 e. The molecule has 0 fully saturated rings. The number of carbonyl (C=O) groups excluding carboxylic acids is 1. The Hall–Kier alpha value is -1.66. The van der Waals surface area contributed by atoms with Crippen LogP contribution in [-0.4, -0.2) is 40.5 Å². The van der Waals surface area contributed by atoms with Crippen LogP contribution in [0.3, 0.4) is 0 Å². The predicted molar refractivity (Wildman–Crippen MR) is 66.7 cm³/mol. The maximum atomic E-state index is 12.0. The maximum absolute atomic E-state index is 12.0. The molecule has 1 rings (SSSR count). The van der Waals surface area contributed by atoms with Gasteiger partial charge in [0.1, 0.15) is 0 Å². The van der Waals surface area contributed by atoms with Crippen molar-refractivity contribution >= 4 is 23.2 Å². The quantitative estimate of drug-likeness (QED) is 0.668. The summed E-state index contributed by atoms with van der Waals surface area (Å²) in [6.07, 6.45) is -0.684. The number of likely N-dealkylation sites (N-methyl/N-ethyl adjacent to an activating group) is 1. The summed E-state index contributed by atoms with van der Waals surface area (Å²) < 4.78 is 0. The first-order valence-electron chi connectivity index (χ1n) is 5.20. The summed E-state index contributed by atoms with van der Waals surface area (Å²) in [6.45, 7) is 1.66. The van der Waals surface area contributed by atoms with E-state index in [1.165, 1.54) is 24.1 Å². The minimum atomic E-state index is -0.684. The summed E-state index contributed by atoms with van der Waals surface area (Å²) in [5, 5.41) is 20.0. The number of hydrogen-bond donors (Lipinski definition) is 1. The molecule has 1 amide bonds. The first kappa shape index (κ1) is 14.4. The second-order valence-electron chi connectivity index (χ2n) is 3.96. The number of nitro benzene ring substituents is 1. The van der Waals surface area contributed by atoms with Crippen molar-refractivity contribution in [3.05, 3.63) is 38.9 Å². The summed E-state index contributed by atoms with van der Waals surface area (Å²) in [6, 6.07) is 3.67. The zero-order valence-electron chi connectivity index (χ0n) is 9.96. The second kappa shape index (κ2) is 5.79. The Morgan fingerprint density at radius 3 is 2.72 bits per heavy atom. The van der Waals surface area contributed by atoms with E-state index in [1.807, 2.05) is 0 Å². The molecule has 18 heavy (non-hydrogen) atoms. The van der Waals surface area contributed by atoms with Gasteiger partial charge in [0.05, 0.1) is 21.6 Å². The largest absolute Gasteiger partial charge is 0.392 e. The van der Waals surface area contributed by atoms with Gasteiger partial charge in [-0.2, -0.15) is 0 Å². The van der Waals surface area contributed by atoms with Crippen LogP contribution in [0.4, 0.5) is 5.69 Å². The number of nitro groups is 1. The zero-order valence-corrected chi connectivity index (χ0v) is 10.7. The number of amides is 1. The van der Waals surface area contributed by atoms with Crippen molar-refractivity contribution in [1.29, 1.82) is 0 Å². The molecule has 1 aromatic rings. The lowest BCUT2D eigenvalue weighted by Gasteiger charge is -2.19. The molecule has 0 heterocycles. The number of aliphatic hydroxyl groups excluding tert-OH is 1. The molecule has 0 saturated heterocycles. The van der Waals surface area contributed by atoms with Crippen LogP contribution < -0.4 is 0 Å². The Morgan fingerprint density at radius 2 is 2.22 bits per heavy atom. The molecule has 0 bridgehead atoms. The number of benzene rings is 1. The van der Waals surface area contributed by atoms with Crippen molar-refractivity contribution in [3.63, 3.8) is 0 Å². The summed E-state index contributed by atoms with van der Waals surface area (Å²) in [5.41, 5.74) is -0.151. The van der Waals surface area contributed by atoms with Crippen molar-refractivity contribution < 1.29 is 14.8 Å². The van der Waals surface area contributed by atoms with E-state index >= 15 is 0 Å². The molecule has 1 N–H and O–H groups in total. The van der Waals surface area contributed by atoms with Gasteiger partial charge in [-0.3, -0.25) is 14.9 Å². The van der Waals surface area contributed by atoms with Gasteiger partial charge in [0.15, 0.2) is 0 Å². The summed E-state index contributed by atoms with van der Waals surface area (Å²) in [5.74, 6) is -0.468. The molecule has 98 valence electrons. The van der Waals surface area contributed by atoms with E-state index in [0.29, 0.717) is 0 Å². The minimum absolute atomic E-state index is 0.0500. The number of nitrogens with zero attached hydrogens (tertiary/aromatic N) is 2. The maximum Gasteiger partial charge on any atom is 0.270 e. The number of carbonyl (C=O) groups is 1. The molecule has 0 aliphatic heterocycles. The highest BCUT2D eigenvalue weighted by atomic mass is 35.5. The van der Waals surface area contributed by atoms with Gasteiger partial charge >= 0.3 is 0 Å². The predicted octanol–water partition coefficient (Wildman–Crippen LogP) is 1.70. The van der Waals surface area contributed by atoms with Crippen LogP contribution in [-0.2, 0) is 0 Å². The highest BCUT2D eigenvalue weighted by Gasteiger charge is 2.19. The van der Waals surface area contributed by atoms with Crippen LogP contribution in [0.2, 0.25) is 5.02 Å². The van der Waals surface area contributed by atoms with Gasteiger partial charge in [0.2, 0.25) is 0 Å². The van der Waals surface area contributed by atoms with Crippen LogP contribution in [0.25, 0.3) is 0 Å².